The highest BCUT2D eigenvalue weighted by Crippen LogP contribution is 2.19. The number of hydrogen-bond donors (Lipinski definition) is 2. The van der Waals surface area contributed by atoms with Crippen LogP contribution in [0.25, 0.3) is 0 Å². The monoisotopic (exact) mass is 373 g/mol. The summed E-state index contributed by atoms with van der Waals surface area (Å²) in [5.41, 5.74) is 2.84. The van der Waals surface area contributed by atoms with Gasteiger partial charge in [0.1, 0.15) is 0 Å². The molecule has 26 heavy (non-hydrogen) atoms. The molecule has 0 aliphatic carbocycles. The molecule has 0 atom stereocenters. The second kappa shape index (κ2) is 7.21. The number of hydrogen-bond acceptors (Lipinski definition) is 5. The van der Waals surface area contributed by atoms with E-state index in [1.807, 2.05) is 31.2 Å². The third-order valence-electron chi connectivity index (χ3n) is 4.13. The Labute approximate surface area is 151 Å². The molecule has 2 N–H and O–H groups in total. The number of H-pyrrole nitrogens is 1. The van der Waals surface area contributed by atoms with Crippen LogP contribution in [0.4, 0.5) is 0 Å². The number of sulfone groups is 1. The van der Waals surface area contributed by atoms with E-state index in [1.54, 1.807) is 12.1 Å². The minimum Gasteiger partial charge on any atom is -0.492 e. The van der Waals surface area contributed by atoms with E-state index in [9.17, 15) is 18.3 Å². The Kier molecular flexibility index (Phi) is 4.99. The van der Waals surface area contributed by atoms with Crippen LogP contribution in [0.2, 0.25) is 0 Å². The van der Waals surface area contributed by atoms with Gasteiger partial charge in [0.15, 0.2) is 15.6 Å². The summed E-state index contributed by atoms with van der Waals surface area (Å²) in [7, 11) is -3.39. The first-order chi connectivity index (χ1) is 12.3. The van der Waals surface area contributed by atoms with E-state index in [-0.39, 0.29) is 28.7 Å². The fraction of sp³-hybridized carbons (Fsp3) is 0.211. The second-order valence-corrected chi connectivity index (χ2v) is 8.27. The average Bonchev–Trinajstić information content (AvgIpc) is 2.92. The van der Waals surface area contributed by atoms with Gasteiger partial charge in [-0.15, -0.1) is 0 Å². The van der Waals surface area contributed by atoms with Gasteiger partial charge in [0.25, 0.3) is 0 Å². The van der Waals surface area contributed by atoms with Gasteiger partial charge in [-0.25, -0.2) is 13.2 Å². The van der Waals surface area contributed by atoms with Crippen molar-refractivity contribution in [3.05, 3.63) is 81.5 Å². The fourth-order valence-corrected chi connectivity index (χ4v) is 3.89. The molecular weight excluding hydrogens is 354 g/mol. The summed E-state index contributed by atoms with van der Waals surface area (Å²) in [4.78, 5) is 13.4. The molecule has 0 saturated carbocycles. The summed E-state index contributed by atoms with van der Waals surface area (Å²) in [6.45, 7) is 1.99. The Morgan fingerprint density at radius 1 is 1.00 bits per heavy atom. The maximum atomic E-state index is 12.5. The molecule has 0 fully saturated rings. The van der Waals surface area contributed by atoms with Gasteiger partial charge in [0.05, 0.1) is 10.6 Å². The molecule has 3 rings (SSSR count). The molecule has 0 spiro atoms. The van der Waals surface area contributed by atoms with Crippen molar-refractivity contribution < 1.29 is 17.9 Å². The van der Waals surface area contributed by atoms with Crippen LogP contribution in [0.15, 0.2) is 62.6 Å². The SMILES string of the molecule is Cc1ccc(CCS(=O)(=O)c2ccc(Cc3oc(=O)[nH]c3O)cc2)cc1. The summed E-state index contributed by atoms with van der Waals surface area (Å²) >= 11 is 0. The Morgan fingerprint density at radius 2 is 1.62 bits per heavy atom. The molecule has 0 radical (unpaired) electrons. The molecule has 1 heterocycles. The first kappa shape index (κ1) is 18.0. The maximum Gasteiger partial charge on any atom is 0.419 e. The Morgan fingerprint density at radius 3 is 2.19 bits per heavy atom. The molecule has 0 bridgehead atoms. The molecule has 6 nitrogen and oxygen atoms in total. The second-order valence-electron chi connectivity index (χ2n) is 6.16. The van der Waals surface area contributed by atoms with E-state index < -0.39 is 15.6 Å². The highest BCUT2D eigenvalue weighted by atomic mass is 32.2. The lowest BCUT2D eigenvalue weighted by molar-refractivity contribution is 0.426. The fourth-order valence-electron chi connectivity index (χ4n) is 2.60. The van der Waals surface area contributed by atoms with E-state index in [1.165, 1.54) is 12.1 Å². The first-order valence-corrected chi connectivity index (χ1v) is 9.77. The summed E-state index contributed by atoms with van der Waals surface area (Å²) in [5.74, 6) is -0.898. The van der Waals surface area contributed by atoms with Crippen molar-refractivity contribution in [2.24, 2.45) is 0 Å². The number of oxazole rings is 1. The number of aromatic nitrogens is 1. The number of rotatable bonds is 6. The molecule has 0 amide bonds. The predicted octanol–water partition coefficient (Wildman–Crippen LogP) is 2.59. The van der Waals surface area contributed by atoms with Gasteiger partial charge in [-0.05, 0) is 36.6 Å². The molecule has 1 aromatic heterocycles. The van der Waals surface area contributed by atoms with E-state index in [4.69, 9.17) is 4.42 Å². The Balaban J connectivity index is 1.69. The van der Waals surface area contributed by atoms with Gasteiger partial charge >= 0.3 is 5.76 Å². The molecule has 7 heteroatoms. The zero-order valence-electron chi connectivity index (χ0n) is 14.2. The van der Waals surface area contributed by atoms with Crippen molar-refractivity contribution in [3.8, 4) is 5.88 Å². The van der Waals surface area contributed by atoms with Crippen LogP contribution < -0.4 is 5.76 Å². The molecular formula is C19H19NO5S. The van der Waals surface area contributed by atoms with E-state index in [2.05, 4.69) is 4.98 Å². The summed E-state index contributed by atoms with van der Waals surface area (Å²) < 4.78 is 29.8. The van der Waals surface area contributed by atoms with Crippen molar-refractivity contribution in [1.82, 2.24) is 4.98 Å². The third kappa shape index (κ3) is 4.23. The van der Waals surface area contributed by atoms with Crippen molar-refractivity contribution in [2.75, 3.05) is 5.75 Å². The van der Waals surface area contributed by atoms with E-state index in [0.29, 0.717) is 6.42 Å². The summed E-state index contributed by atoms with van der Waals surface area (Å²) in [6.07, 6.45) is 0.640. The zero-order chi connectivity index (χ0) is 18.7. The minimum atomic E-state index is -3.39. The van der Waals surface area contributed by atoms with Crippen LogP contribution in [0.1, 0.15) is 22.5 Å². The summed E-state index contributed by atoms with van der Waals surface area (Å²) in [6, 6.07) is 14.1. The zero-order valence-corrected chi connectivity index (χ0v) is 15.0. The van der Waals surface area contributed by atoms with Crippen LogP contribution in [0.3, 0.4) is 0 Å². The number of aryl methyl sites for hydroxylation is 2. The number of aromatic amines is 1. The van der Waals surface area contributed by atoms with Crippen LogP contribution >= 0.6 is 0 Å². The molecule has 0 aliphatic heterocycles. The van der Waals surface area contributed by atoms with Gasteiger partial charge in [0.2, 0.25) is 5.88 Å². The topological polar surface area (TPSA) is 100 Å². The van der Waals surface area contributed by atoms with Crippen molar-refractivity contribution in [3.63, 3.8) is 0 Å². The quantitative estimate of drug-likeness (QED) is 0.692. The maximum absolute atomic E-state index is 12.5. The average molecular weight is 373 g/mol. The van der Waals surface area contributed by atoms with Crippen molar-refractivity contribution in [1.29, 1.82) is 0 Å². The normalized spacial score (nSPS) is 11.6. The van der Waals surface area contributed by atoms with Crippen molar-refractivity contribution >= 4 is 9.84 Å². The van der Waals surface area contributed by atoms with Gasteiger partial charge in [-0.1, -0.05) is 42.0 Å². The number of nitrogens with one attached hydrogen (secondary N) is 1. The van der Waals surface area contributed by atoms with Crippen molar-refractivity contribution in [2.45, 2.75) is 24.7 Å². The van der Waals surface area contributed by atoms with Gasteiger partial charge in [-0.2, -0.15) is 0 Å². The first-order valence-electron chi connectivity index (χ1n) is 8.12. The van der Waals surface area contributed by atoms with E-state index in [0.717, 1.165) is 16.7 Å². The Bertz CT molecular complexity index is 1040. The number of benzene rings is 2. The van der Waals surface area contributed by atoms with Gasteiger partial charge < -0.3 is 9.52 Å². The molecule has 0 unspecified atom stereocenters. The molecule has 0 saturated heterocycles. The molecule has 0 aliphatic rings. The van der Waals surface area contributed by atoms with Crippen LogP contribution in [-0.2, 0) is 22.7 Å². The highest BCUT2D eigenvalue weighted by Gasteiger charge is 2.15. The highest BCUT2D eigenvalue weighted by molar-refractivity contribution is 7.91. The van der Waals surface area contributed by atoms with Crippen LogP contribution in [-0.4, -0.2) is 24.3 Å². The standard InChI is InChI=1S/C19H19NO5S/c1-13-2-4-14(5-3-13)10-11-26(23,24)16-8-6-15(7-9-16)12-17-18(21)20-19(22)25-17/h2-9,21H,10-12H2,1H3,(H,20,22). The smallest absolute Gasteiger partial charge is 0.419 e. The van der Waals surface area contributed by atoms with Gasteiger partial charge in [0, 0.05) is 6.42 Å². The lowest BCUT2D eigenvalue weighted by Gasteiger charge is -2.06. The third-order valence-corrected chi connectivity index (χ3v) is 5.86. The van der Waals surface area contributed by atoms with Crippen LogP contribution in [0.5, 0.6) is 5.88 Å². The molecule has 3 aromatic rings. The lowest BCUT2D eigenvalue weighted by Crippen LogP contribution is -2.09. The largest absolute Gasteiger partial charge is 0.492 e. The van der Waals surface area contributed by atoms with Gasteiger partial charge in [-0.3, -0.25) is 4.98 Å². The number of aromatic hydroxyl groups is 1. The molecule has 2 aromatic carbocycles. The molecule has 136 valence electrons. The lowest BCUT2D eigenvalue weighted by atomic mass is 10.1. The summed E-state index contributed by atoms with van der Waals surface area (Å²) in [5, 5.41) is 9.53. The van der Waals surface area contributed by atoms with E-state index >= 15 is 0 Å². The Hall–Kier alpha value is -2.80. The predicted molar refractivity (Wildman–Crippen MR) is 97.2 cm³/mol. The minimum absolute atomic E-state index is 0.0306. The van der Waals surface area contributed by atoms with Crippen LogP contribution in [0, 0.1) is 6.92 Å².